The molecule has 1 aromatic rings. The predicted molar refractivity (Wildman–Crippen MR) is 81.8 cm³/mol. The number of aromatic nitrogens is 2. The van der Waals surface area contributed by atoms with Crippen molar-refractivity contribution in [1.82, 2.24) is 20.0 Å². The van der Waals surface area contributed by atoms with E-state index in [0.717, 1.165) is 25.9 Å². The first-order valence-electron chi connectivity index (χ1n) is 7.48. The Hall–Kier alpha value is -1.89. The third-order valence-corrected chi connectivity index (χ3v) is 4.21. The number of amides is 3. The molecule has 0 aliphatic carbocycles. The second-order valence-corrected chi connectivity index (χ2v) is 5.90. The van der Waals surface area contributed by atoms with Gasteiger partial charge in [-0.05, 0) is 31.4 Å². The molecule has 22 heavy (non-hydrogen) atoms. The molecule has 0 atom stereocenters. The summed E-state index contributed by atoms with van der Waals surface area (Å²) in [6, 6.07) is 3.23. The largest absolute Gasteiger partial charge is 0.325 e. The Bertz CT molecular complexity index is 559. The molecule has 0 spiro atoms. The van der Waals surface area contributed by atoms with Crippen LogP contribution in [0.5, 0.6) is 0 Å². The summed E-state index contributed by atoms with van der Waals surface area (Å²) in [5.74, 6) is 0.327. The number of carbonyl (C=O) groups excluding carboxylic acids is 2. The lowest BCUT2D eigenvalue weighted by Crippen LogP contribution is -2.56. The Morgan fingerprint density at radius 3 is 2.41 bits per heavy atom. The van der Waals surface area contributed by atoms with Gasteiger partial charge in [-0.15, -0.1) is 10.2 Å². The third kappa shape index (κ3) is 3.14. The average molecular weight is 324 g/mol. The number of likely N-dealkylation sites (tertiary alicyclic amines) is 1. The predicted octanol–water partition coefficient (Wildman–Crippen LogP) is 1.38. The van der Waals surface area contributed by atoms with Gasteiger partial charge >= 0.3 is 6.03 Å². The van der Waals surface area contributed by atoms with Crippen LogP contribution in [0.1, 0.15) is 19.3 Å². The van der Waals surface area contributed by atoms with Crippen molar-refractivity contribution in [2.75, 3.05) is 37.6 Å². The van der Waals surface area contributed by atoms with Crippen molar-refractivity contribution < 1.29 is 9.59 Å². The minimum absolute atomic E-state index is 0.0325. The van der Waals surface area contributed by atoms with Gasteiger partial charge in [0, 0.05) is 26.2 Å². The fraction of sp³-hybridized carbons (Fsp3) is 0.571. The molecule has 1 aromatic heterocycles. The van der Waals surface area contributed by atoms with E-state index in [1.165, 1.54) is 6.42 Å². The van der Waals surface area contributed by atoms with E-state index in [-0.39, 0.29) is 23.6 Å². The van der Waals surface area contributed by atoms with Crippen LogP contribution in [0.25, 0.3) is 0 Å². The van der Waals surface area contributed by atoms with E-state index in [1.54, 1.807) is 21.9 Å². The number of urea groups is 1. The molecule has 7 nitrogen and oxygen atoms in total. The lowest BCUT2D eigenvalue weighted by Gasteiger charge is -2.37. The zero-order chi connectivity index (χ0) is 15.5. The van der Waals surface area contributed by atoms with Crippen molar-refractivity contribution in [2.24, 2.45) is 0 Å². The molecular weight excluding hydrogens is 306 g/mol. The monoisotopic (exact) mass is 323 g/mol. The van der Waals surface area contributed by atoms with E-state index in [1.807, 2.05) is 4.90 Å². The minimum atomic E-state index is -0.145. The first-order chi connectivity index (χ1) is 10.6. The maximum atomic E-state index is 12.4. The minimum Gasteiger partial charge on any atom is -0.325 e. The van der Waals surface area contributed by atoms with Crippen LogP contribution in [-0.2, 0) is 4.79 Å². The maximum absolute atomic E-state index is 12.4. The topological polar surface area (TPSA) is 69.6 Å². The molecule has 2 fully saturated rings. The summed E-state index contributed by atoms with van der Waals surface area (Å²) in [5.41, 5.74) is 0. The van der Waals surface area contributed by atoms with Crippen LogP contribution < -0.4 is 4.90 Å². The van der Waals surface area contributed by atoms with Gasteiger partial charge in [-0.25, -0.2) is 4.79 Å². The molecule has 0 N–H and O–H groups in total. The lowest BCUT2D eigenvalue weighted by atomic mass is 10.1. The van der Waals surface area contributed by atoms with Crippen LogP contribution in [-0.4, -0.2) is 64.7 Å². The molecule has 2 aliphatic heterocycles. The van der Waals surface area contributed by atoms with Crippen molar-refractivity contribution >= 4 is 29.4 Å². The number of halogens is 1. The Labute approximate surface area is 133 Å². The molecule has 0 unspecified atom stereocenters. The molecule has 0 saturated carbocycles. The van der Waals surface area contributed by atoms with Gasteiger partial charge < -0.3 is 9.80 Å². The molecular formula is C14H18ClN5O2. The summed E-state index contributed by atoms with van der Waals surface area (Å²) in [7, 11) is 0. The number of hydrogen-bond donors (Lipinski definition) is 0. The van der Waals surface area contributed by atoms with Crippen LogP contribution in [0.2, 0.25) is 5.15 Å². The molecule has 3 heterocycles. The summed E-state index contributed by atoms with van der Waals surface area (Å²) in [4.78, 5) is 29.7. The van der Waals surface area contributed by atoms with Crippen molar-refractivity contribution in [3.05, 3.63) is 17.3 Å². The van der Waals surface area contributed by atoms with Gasteiger partial charge in [0.05, 0.1) is 0 Å². The zero-order valence-corrected chi connectivity index (χ0v) is 13.0. The van der Waals surface area contributed by atoms with Crippen molar-refractivity contribution in [3.8, 4) is 0 Å². The molecule has 8 heteroatoms. The van der Waals surface area contributed by atoms with Crippen molar-refractivity contribution in [3.63, 3.8) is 0 Å². The second-order valence-electron chi connectivity index (χ2n) is 5.51. The van der Waals surface area contributed by atoms with Gasteiger partial charge in [0.1, 0.15) is 6.54 Å². The molecule has 3 amide bonds. The highest BCUT2D eigenvalue weighted by Crippen LogP contribution is 2.17. The van der Waals surface area contributed by atoms with Crippen LogP contribution in [0.3, 0.4) is 0 Å². The molecule has 0 aromatic carbocycles. The second kappa shape index (κ2) is 6.48. The number of piperidine rings is 1. The Morgan fingerprint density at radius 1 is 1.00 bits per heavy atom. The maximum Gasteiger partial charge on any atom is 0.320 e. The zero-order valence-electron chi connectivity index (χ0n) is 12.2. The van der Waals surface area contributed by atoms with Crippen molar-refractivity contribution in [1.29, 1.82) is 0 Å². The summed E-state index contributed by atoms with van der Waals surface area (Å²) in [6.45, 7) is 2.59. The standard InChI is InChI=1S/C14H18ClN5O2/c15-11-4-5-12(17-16-11)20-9-8-19(10-13(20)21)14(22)18-6-2-1-3-7-18/h4-5H,1-3,6-10H2. The van der Waals surface area contributed by atoms with Crippen LogP contribution in [0.15, 0.2) is 12.1 Å². The highest BCUT2D eigenvalue weighted by Gasteiger charge is 2.31. The van der Waals surface area contributed by atoms with E-state index in [9.17, 15) is 9.59 Å². The smallest absolute Gasteiger partial charge is 0.320 e. The van der Waals surface area contributed by atoms with Gasteiger partial charge in [0.25, 0.3) is 0 Å². The van der Waals surface area contributed by atoms with E-state index in [2.05, 4.69) is 10.2 Å². The average Bonchev–Trinajstić information content (AvgIpc) is 2.56. The van der Waals surface area contributed by atoms with Crippen LogP contribution in [0.4, 0.5) is 10.6 Å². The van der Waals surface area contributed by atoms with Gasteiger partial charge in [0.2, 0.25) is 5.91 Å². The third-order valence-electron chi connectivity index (χ3n) is 4.01. The Morgan fingerprint density at radius 2 is 1.77 bits per heavy atom. The fourth-order valence-corrected chi connectivity index (χ4v) is 2.92. The number of anilines is 1. The SMILES string of the molecule is O=C(N1CCCCC1)N1CCN(c2ccc(Cl)nn2)C(=O)C1. The highest BCUT2D eigenvalue weighted by molar-refractivity contribution is 6.29. The molecule has 0 radical (unpaired) electrons. The van der Waals surface area contributed by atoms with Gasteiger partial charge in [-0.3, -0.25) is 9.69 Å². The lowest BCUT2D eigenvalue weighted by molar-refractivity contribution is -0.120. The van der Waals surface area contributed by atoms with Crippen LogP contribution in [0, 0.1) is 0 Å². The summed E-state index contributed by atoms with van der Waals surface area (Å²) >= 11 is 5.70. The van der Waals surface area contributed by atoms with Gasteiger partial charge in [0.15, 0.2) is 11.0 Å². The molecule has 0 bridgehead atoms. The molecule has 118 valence electrons. The van der Waals surface area contributed by atoms with E-state index >= 15 is 0 Å². The Balaban J connectivity index is 1.63. The number of rotatable bonds is 1. The number of nitrogens with zero attached hydrogens (tertiary/aromatic N) is 5. The molecule has 2 saturated heterocycles. The number of hydrogen-bond acceptors (Lipinski definition) is 4. The van der Waals surface area contributed by atoms with Crippen molar-refractivity contribution in [2.45, 2.75) is 19.3 Å². The van der Waals surface area contributed by atoms with E-state index in [4.69, 9.17) is 11.6 Å². The first kappa shape index (κ1) is 15.0. The normalized spacial score (nSPS) is 19.5. The number of carbonyl (C=O) groups is 2. The first-order valence-corrected chi connectivity index (χ1v) is 7.86. The van der Waals surface area contributed by atoms with Gasteiger partial charge in [-0.2, -0.15) is 0 Å². The fourth-order valence-electron chi connectivity index (χ4n) is 2.82. The molecule has 2 aliphatic rings. The quantitative estimate of drug-likeness (QED) is 0.783. The highest BCUT2D eigenvalue weighted by atomic mass is 35.5. The summed E-state index contributed by atoms with van der Waals surface area (Å²) in [6.07, 6.45) is 3.26. The number of piperazine rings is 1. The summed E-state index contributed by atoms with van der Waals surface area (Å²) in [5, 5.41) is 7.96. The molecule has 3 rings (SSSR count). The summed E-state index contributed by atoms with van der Waals surface area (Å²) < 4.78 is 0. The Kier molecular flexibility index (Phi) is 4.42. The van der Waals surface area contributed by atoms with E-state index in [0.29, 0.717) is 18.9 Å². The van der Waals surface area contributed by atoms with Crippen LogP contribution >= 0.6 is 11.6 Å². The van der Waals surface area contributed by atoms with E-state index < -0.39 is 0 Å². The van der Waals surface area contributed by atoms with Gasteiger partial charge in [-0.1, -0.05) is 11.6 Å².